The average molecular weight is 375 g/mol. The van der Waals surface area contributed by atoms with Gasteiger partial charge in [-0.15, -0.1) is 5.10 Å². The molecule has 0 spiro atoms. The molecule has 1 atom stereocenters. The smallest absolute Gasteiger partial charge is 0.241 e. The molecule has 1 aromatic carbocycles. The number of nitrogens with zero attached hydrogens (tertiary/aromatic N) is 2. The molecule has 3 rings (SSSR count). The van der Waals surface area contributed by atoms with Gasteiger partial charge in [0, 0.05) is 18.7 Å². The molecule has 6 nitrogen and oxygen atoms in total. The predicted molar refractivity (Wildman–Crippen MR) is 98.1 cm³/mol. The number of nitrogens with one attached hydrogen (secondary N) is 1. The van der Waals surface area contributed by atoms with Gasteiger partial charge in [-0.1, -0.05) is 41.2 Å². The molecule has 1 N–H and O–H groups in total. The minimum Gasteiger partial charge on any atom is -0.451 e. The van der Waals surface area contributed by atoms with E-state index in [9.17, 15) is 9.59 Å². The van der Waals surface area contributed by atoms with Gasteiger partial charge in [0.25, 0.3) is 0 Å². The Bertz CT molecular complexity index is 830. The summed E-state index contributed by atoms with van der Waals surface area (Å²) in [5.41, 5.74) is 1.20. The molecule has 0 saturated carbocycles. The summed E-state index contributed by atoms with van der Waals surface area (Å²) in [6, 6.07) is 11.9. The maximum atomic E-state index is 11.8. The summed E-state index contributed by atoms with van der Waals surface area (Å²) < 4.78 is 5.90. The molecule has 0 saturated heterocycles. The first-order valence-electron chi connectivity index (χ1n) is 7.59. The van der Waals surface area contributed by atoms with Gasteiger partial charge in [-0.2, -0.15) is 0 Å². The Kier molecular flexibility index (Phi) is 5.19. The summed E-state index contributed by atoms with van der Waals surface area (Å²) in [5.74, 6) is 0.159. The first-order valence-corrected chi connectivity index (χ1v) is 9.29. The Morgan fingerprint density at radius 1 is 1.20 bits per heavy atom. The van der Waals surface area contributed by atoms with Crippen molar-refractivity contribution < 1.29 is 14.0 Å². The van der Waals surface area contributed by atoms with Crippen molar-refractivity contribution in [1.82, 2.24) is 10.3 Å². The highest BCUT2D eigenvalue weighted by molar-refractivity contribution is 8.14. The second-order valence-corrected chi connectivity index (χ2v) is 7.64. The van der Waals surface area contributed by atoms with Crippen LogP contribution in [0.1, 0.15) is 30.5 Å². The number of benzene rings is 1. The van der Waals surface area contributed by atoms with Gasteiger partial charge in [0.05, 0.1) is 0 Å². The number of amidine groups is 1. The molecule has 1 aliphatic heterocycles. The van der Waals surface area contributed by atoms with Crippen molar-refractivity contribution >= 4 is 40.5 Å². The van der Waals surface area contributed by atoms with E-state index in [-0.39, 0.29) is 11.8 Å². The summed E-state index contributed by atoms with van der Waals surface area (Å²) in [5, 5.41) is 8.77. The van der Waals surface area contributed by atoms with Crippen LogP contribution in [0.4, 0.5) is 0 Å². The van der Waals surface area contributed by atoms with Crippen LogP contribution in [0.5, 0.6) is 0 Å². The zero-order chi connectivity index (χ0) is 18.0. The first kappa shape index (κ1) is 17.6. The number of amides is 2. The number of carbonyl (C=O) groups is 2. The van der Waals surface area contributed by atoms with E-state index in [4.69, 9.17) is 4.42 Å². The normalized spacial score (nSPS) is 16.7. The standard InChI is InChI=1S/C17H17N3O3S2/c1-10-4-6-13(7-5-10)24-15-9-8-14(23-15)16-20(12(3)22)19-17(25-16)18-11(2)21/h4-9,16H,1-3H3,(H,18,19,21)/t16-/m1/s1. The van der Waals surface area contributed by atoms with E-state index in [1.54, 1.807) is 0 Å². The highest BCUT2D eigenvalue weighted by atomic mass is 32.2. The Hall–Kier alpha value is -2.19. The molecule has 2 amide bonds. The summed E-state index contributed by atoms with van der Waals surface area (Å²) in [4.78, 5) is 24.1. The van der Waals surface area contributed by atoms with Crippen LogP contribution in [0.25, 0.3) is 0 Å². The van der Waals surface area contributed by atoms with Gasteiger partial charge in [-0.25, -0.2) is 5.01 Å². The predicted octanol–water partition coefficient (Wildman–Crippen LogP) is 3.74. The molecule has 0 aliphatic carbocycles. The van der Waals surface area contributed by atoms with Gasteiger partial charge in [-0.05, 0) is 31.2 Å². The van der Waals surface area contributed by atoms with Crippen LogP contribution < -0.4 is 5.32 Å². The number of carbonyl (C=O) groups excluding carboxylic acids is 2. The summed E-state index contributed by atoms with van der Waals surface area (Å²) in [6.07, 6.45) is 0. The van der Waals surface area contributed by atoms with Crippen LogP contribution in [0.2, 0.25) is 0 Å². The molecule has 2 heterocycles. The third-order valence-corrected chi connectivity index (χ3v) is 5.33. The van der Waals surface area contributed by atoms with Gasteiger partial charge in [-0.3, -0.25) is 9.59 Å². The van der Waals surface area contributed by atoms with Crippen LogP contribution in [-0.4, -0.2) is 22.0 Å². The molecular formula is C17H17N3O3S2. The summed E-state index contributed by atoms with van der Waals surface area (Å²) in [6.45, 7) is 4.87. The van der Waals surface area contributed by atoms with E-state index >= 15 is 0 Å². The monoisotopic (exact) mass is 375 g/mol. The molecule has 1 aromatic heterocycles. The highest BCUT2D eigenvalue weighted by Gasteiger charge is 2.34. The third-order valence-electron chi connectivity index (χ3n) is 3.33. The van der Waals surface area contributed by atoms with Crippen molar-refractivity contribution in [2.24, 2.45) is 5.10 Å². The van der Waals surface area contributed by atoms with Crippen LogP contribution in [0, 0.1) is 6.92 Å². The number of rotatable bonds is 3. The Morgan fingerprint density at radius 3 is 2.56 bits per heavy atom. The Balaban J connectivity index is 1.75. The SMILES string of the molecule is CC(=O)NC1=NN(C(C)=O)[C@@H](c2ccc(Sc3ccc(C)cc3)o2)S1. The fourth-order valence-electron chi connectivity index (χ4n) is 2.19. The largest absolute Gasteiger partial charge is 0.451 e. The lowest BCUT2D eigenvalue weighted by Crippen LogP contribution is -2.25. The van der Waals surface area contributed by atoms with Gasteiger partial charge >= 0.3 is 0 Å². The van der Waals surface area contributed by atoms with Crippen LogP contribution >= 0.6 is 23.5 Å². The molecule has 1 aliphatic rings. The van der Waals surface area contributed by atoms with E-state index in [0.29, 0.717) is 10.9 Å². The average Bonchev–Trinajstić information content (AvgIpc) is 3.16. The van der Waals surface area contributed by atoms with Crippen LogP contribution in [-0.2, 0) is 9.59 Å². The number of thioether (sulfide) groups is 1. The molecule has 8 heteroatoms. The minimum atomic E-state index is -0.424. The number of aryl methyl sites for hydroxylation is 1. The molecule has 0 unspecified atom stereocenters. The molecular weight excluding hydrogens is 358 g/mol. The Morgan fingerprint density at radius 2 is 1.92 bits per heavy atom. The van der Waals surface area contributed by atoms with E-state index in [2.05, 4.69) is 10.4 Å². The van der Waals surface area contributed by atoms with Crippen molar-refractivity contribution in [1.29, 1.82) is 0 Å². The van der Waals surface area contributed by atoms with E-state index in [0.717, 1.165) is 9.99 Å². The lowest BCUT2D eigenvalue weighted by Gasteiger charge is -2.16. The highest BCUT2D eigenvalue weighted by Crippen LogP contribution is 2.41. The summed E-state index contributed by atoms with van der Waals surface area (Å²) >= 11 is 2.78. The molecule has 0 bridgehead atoms. The van der Waals surface area contributed by atoms with Crippen LogP contribution in [0.3, 0.4) is 0 Å². The van der Waals surface area contributed by atoms with Crippen molar-refractivity contribution in [2.75, 3.05) is 0 Å². The zero-order valence-electron chi connectivity index (χ0n) is 14.0. The zero-order valence-corrected chi connectivity index (χ0v) is 15.6. The second-order valence-electron chi connectivity index (χ2n) is 5.49. The molecule has 0 radical (unpaired) electrons. The fourth-order valence-corrected chi connectivity index (χ4v) is 4.06. The Labute approximate surface area is 154 Å². The van der Waals surface area contributed by atoms with Gasteiger partial charge in [0.1, 0.15) is 5.76 Å². The van der Waals surface area contributed by atoms with Gasteiger partial charge in [0.15, 0.2) is 15.6 Å². The number of hydrazone groups is 1. The maximum absolute atomic E-state index is 11.8. The van der Waals surface area contributed by atoms with E-state index in [1.807, 2.05) is 43.3 Å². The maximum Gasteiger partial charge on any atom is 0.241 e. The van der Waals surface area contributed by atoms with Gasteiger partial charge in [0.2, 0.25) is 11.8 Å². The second kappa shape index (κ2) is 7.37. The third kappa shape index (κ3) is 4.26. The van der Waals surface area contributed by atoms with E-state index in [1.165, 1.54) is 47.9 Å². The van der Waals surface area contributed by atoms with Crippen molar-refractivity contribution in [3.63, 3.8) is 0 Å². The van der Waals surface area contributed by atoms with E-state index < -0.39 is 5.37 Å². The van der Waals surface area contributed by atoms with Crippen molar-refractivity contribution in [2.45, 2.75) is 36.1 Å². The number of hydrogen-bond acceptors (Lipinski definition) is 6. The molecule has 0 fully saturated rings. The lowest BCUT2D eigenvalue weighted by atomic mass is 10.2. The van der Waals surface area contributed by atoms with Gasteiger partial charge < -0.3 is 9.73 Å². The first-order chi connectivity index (χ1) is 11.9. The quantitative estimate of drug-likeness (QED) is 0.884. The molecule has 2 aromatic rings. The van der Waals surface area contributed by atoms with Crippen molar-refractivity contribution in [3.8, 4) is 0 Å². The minimum absolute atomic E-state index is 0.220. The number of furan rings is 1. The van der Waals surface area contributed by atoms with Crippen LogP contribution in [0.15, 0.2) is 55.9 Å². The topological polar surface area (TPSA) is 74.9 Å². The lowest BCUT2D eigenvalue weighted by molar-refractivity contribution is -0.129. The summed E-state index contributed by atoms with van der Waals surface area (Å²) in [7, 11) is 0. The van der Waals surface area contributed by atoms with Crippen molar-refractivity contribution in [3.05, 3.63) is 47.7 Å². The molecule has 25 heavy (non-hydrogen) atoms. The molecule has 130 valence electrons. The fraction of sp³-hybridized carbons (Fsp3) is 0.235. The number of hydrogen-bond donors (Lipinski definition) is 1.